The lowest BCUT2D eigenvalue weighted by molar-refractivity contribution is -0.150. The van der Waals surface area contributed by atoms with E-state index >= 15 is 0 Å². The molecular formula is C25H32N2O6S. The number of thiazole rings is 1. The molecule has 1 aromatic heterocycles. The number of nitrogens with zero attached hydrogens (tertiary/aromatic N) is 2. The van der Waals surface area contributed by atoms with Crippen LogP contribution in [0.1, 0.15) is 74.4 Å². The largest absolute Gasteiger partial charge is 0.496 e. The minimum Gasteiger partial charge on any atom is -0.496 e. The molecule has 1 aliphatic heterocycles. The van der Waals surface area contributed by atoms with Gasteiger partial charge in [-0.05, 0) is 41.9 Å². The van der Waals surface area contributed by atoms with Crippen molar-refractivity contribution in [2.24, 2.45) is 11.8 Å². The summed E-state index contributed by atoms with van der Waals surface area (Å²) in [4.78, 5) is 44.6. The highest BCUT2D eigenvalue weighted by Crippen LogP contribution is 2.51. The van der Waals surface area contributed by atoms with Gasteiger partial charge in [0.25, 0.3) is 5.91 Å². The Bertz CT molecular complexity index is 1080. The highest BCUT2D eigenvalue weighted by molar-refractivity contribution is 7.09. The molecule has 0 aliphatic carbocycles. The van der Waals surface area contributed by atoms with E-state index in [1.807, 2.05) is 34.6 Å². The summed E-state index contributed by atoms with van der Waals surface area (Å²) in [6, 6.07) is 4.08. The van der Waals surface area contributed by atoms with Gasteiger partial charge in [0.1, 0.15) is 16.3 Å². The topological polar surface area (TPSA) is 117 Å². The Hall–Kier alpha value is -2.94. The Morgan fingerprint density at radius 2 is 1.94 bits per heavy atom. The lowest BCUT2D eigenvalue weighted by Gasteiger charge is -2.38. The number of methoxy groups -OCH3 is 1. The Labute approximate surface area is 203 Å². The lowest BCUT2D eigenvalue weighted by atomic mass is 9.83. The summed E-state index contributed by atoms with van der Waals surface area (Å²) in [6.07, 6.45) is 1.46. The summed E-state index contributed by atoms with van der Waals surface area (Å²) in [7, 11) is 1.52. The second-order valence-electron chi connectivity index (χ2n) is 10.2. The number of carbonyl (C=O) groups is 3. The van der Waals surface area contributed by atoms with Gasteiger partial charge in [-0.2, -0.15) is 0 Å². The predicted molar refractivity (Wildman–Crippen MR) is 128 cm³/mol. The number of hydrogen-bond donors (Lipinski definition) is 2. The molecule has 0 radical (unpaired) electrons. The summed E-state index contributed by atoms with van der Waals surface area (Å²) >= 11 is 1.22. The normalized spacial score (nSPS) is 22.7. The van der Waals surface area contributed by atoms with E-state index in [1.54, 1.807) is 23.6 Å². The number of amides is 1. The Morgan fingerprint density at radius 3 is 2.41 bits per heavy atom. The molecule has 0 bridgehead atoms. The van der Waals surface area contributed by atoms with E-state index < -0.39 is 35.3 Å². The third-order valence-electron chi connectivity index (χ3n) is 6.32. The minimum absolute atomic E-state index is 0.0892. The number of aromatic nitrogens is 1. The standard InChI is InChI=1S/C25H32N2O6S/c1-14(2)12-25(23(31)32)13-16(22(29)30)19(20-26-9-10-34-20)27(25)21(28)15-7-8-17(24(3,4)5)18(11-15)33-6/h7-11,14,16,19H,12-13H2,1-6H3,(H,29,30)(H,31,32)/t16-,19+,25-/m0/s1. The van der Waals surface area contributed by atoms with Crippen molar-refractivity contribution in [3.05, 3.63) is 45.9 Å². The zero-order valence-electron chi connectivity index (χ0n) is 20.4. The van der Waals surface area contributed by atoms with Crippen LogP contribution >= 0.6 is 11.3 Å². The lowest BCUT2D eigenvalue weighted by Crippen LogP contribution is -2.54. The molecule has 1 aromatic carbocycles. The molecule has 8 nitrogen and oxygen atoms in total. The van der Waals surface area contributed by atoms with Crippen LogP contribution in [-0.2, 0) is 15.0 Å². The van der Waals surface area contributed by atoms with Crippen molar-refractivity contribution in [2.75, 3.05) is 7.11 Å². The Balaban J connectivity index is 2.23. The maximum atomic E-state index is 14.0. The first-order valence-electron chi connectivity index (χ1n) is 11.2. The molecule has 2 aromatic rings. The number of likely N-dealkylation sites (tertiary alicyclic amines) is 1. The van der Waals surface area contributed by atoms with Gasteiger partial charge >= 0.3 is 11.9 Å². The van der Waals surface area contributed by atoms with Gasteiger partial charge in [-0.3, -0.25) is 9.59 Å². The minimum atomic E-state index is -1.68. The first-order valence-corrected chi connectivity index (χ1v) is 12.1. The molecule has 184 valence electrons. The fourth-order valence-electron chi connectivity index (χ4n) is 4.94. The molecule has 3 rings (SSSR count). The van der Waals surface area contributed by atoms with E-state index in [-0.39, 0.29) is 29.7 Å². The van der Waals surface area contributed by atoms with Crippen LogP contribution in [0.5, 0.6) is 5.75 Å². The van der Waals surface area contributed by atoms with Crippen molar-refractivity contribution < 1.29 is 29.3 Å². The molecule has 1 amide bonds. The van der Waals surface area contributed by atoms with Crippen LogP contribution in [0.4, 0.5) is 0 Å². The molecule has 3 atom stereocenters. The number of ether oxygens (including phenoxy) is 1. The van der Waals surface area contributed by atoms with E-state index in [4.69, 9.17) is 4.74 Å². The van der Waals surface area contributed by atoms with Crippen molar-refractivity contribution in [1.29, 1.82) is 0 Å². The Kier molecular flexibility index (Phi) is 7.07. The van der Waals surface area contributed by atoms with Crippen molar-refractivity contribution in [2.45, 2.75) is 64.5 Å². The third-order valence-corrected chi connectivity index (χ3v) is 7.17. The first-order chi connectivity index (χ1) is 15.8. The SMILES string of the molecule is COc1cc(C(=O)N2[C@@H](c3nccs3)[C@@H](C(=O)O)C[C@@]2(CC(C)C)C(=O)O)ccc1C(C)(C)C. The molecule has 1 aliphatic rings. The Morgan fingerprint density at radius 1 is 1.26 bits per heavy atom. The van der Waals surface area contributed by atoms with E-state index in [0.29, 0.717) is 10.8 Å². The van der Waals surface area contributed by atoms with Gasteiger partial charge in [0.15, 0.2) is 0 Å². The molecule has 1 fully saturated rings. The molecular weight excluding hydrogens is 456 g/mol. The van der Waals surface area contributed by atoms with Crippen molar-refractivity contribution in [1.82, 2.24) is 9.88 Å². The average Bonchev–Trinajstić information content (AvgIpc) is 3.38. The summed E-state index contributed by atoms with van der Waals surface area (Å²) in [6.45, 7) is 9.81. The number of benzene rings is 1. The summed E-state index contributed by atoms with van der Waals surface area (Å²) in [5.74, 6) is -3.58. The number of aliphatic carboxylic acids is 2. The van der Waals surface area contributed by atoms with Crippen LogP contribution in [0.3, 0.4) is 0 Å². The average molecular weight is 489 g/mol. The molecule has 0 spiro atoms. The van der Waals surface area contributed by atoms with Crippen LogP contribution in [0, 0.1) is 11.8 Å². The van der Waals surface area contributed by atoms with Gasteiger partial charge in [-0.25, -0.2) is 9.78 Å². The third kappa shape index (κ3) is 4.53. The van der Waals surface area contributed by atoms with Gasteiger partial charge in [-0.1, -0.05) is 40.7 Å². The molecule has 2 N–H and O–H groups in total. The number of carbonyl (C=O) groups excluding carboxylic acids is 1. The van der Waals surface area contributed by atoms with Gasteiger partial charge in [0, 0.05) is 17.1 Å². The molecule has 2 heterocycles. The molecule has 34 heavy (non-hydrogen) atoms. The number of carboxylic acid groups (broad SMARTS) is 2. The van der Waals surface area contributed by atoms with Crippen molar-refractivity contribution >= 4 is 29.2 Å². The second-order valence-corrected chi connectivity index (χ2v) is 11.2. The fourth-order valence-corrected chi connectivity index (χ4v) is 5.74. The van der Waals surface area contributed by atoms with Crippen molar-refractivity contribution in [3.63, 3.8) is 0 Å². The van der Waals surface area contributed by atoms with E-state index in [9.17, 15) is 24.6 Å². The second kappa shape index (κ2) is 9.37. The fraction of sp³-hybridized carbons (Fsp3) is 0.520. The van der Waals surface area contributed by atoms with Gasteiger partial charge in [0.05, 0.1) is 19.1 Å². The monoisotopic (exact) mass is 488 g/mol. The quantitative estimate of drug-likeness (QED) is 0.584. The molecule has 0 unspecified atom stereocenters. The van der Waals surface area contributed by atoms with Gasteiger partial charge in [0.2, 0.25) is 0 Å². The summed E-state index contributed by atoms with van der Waals surface area (Å²) < 4.78 is 5.56. The highest BCUT2D eigenvalue weighted by Gasteiger charge is 2.61. The smallest absolute Gasteiger partial charge is 0.329 e. The van der Waals surface area contributed by atoms with Crippen molar-refractivity contribution in [3.8, 4) is 5.75 Å². The molecule has 1 saturated heterocycles. The van der Waals surface area contributed by atoms with Crippen LogP contribution in [0.2, 0.25) is 0 Å². The number of rotatable bonds is 7. The zero-order valence-corrected chi connectivity index (χ0v) is 21.2. The summed E-state index contributed by atoms with van der Waals surface area (Å²) in [5, 5.41) is 22.6. The van der Waals surface area contributed by atoms with Gasteiger partial charge < -0.3 is 19.8 Å². The van der Waals surface area contributed by atoms with Gasteiger partial charge in [-0.15, -0.1) is 11.3 Å². The molecule has 0 saturated carbocycles. The maximum Gasteiger partial charge on any atom is 0.329 e. The van der Waals surface area contributed by atoms with Crippen LogP contribution < -0.4 is 4.74 Å². The van der Waals surface area contributed by atoms with E-state index in [2.05, 4.69) is 4.98 Å². The zero-order chi connectivity index (χ0) is 25.4. The number of carboxylic acids is 2. The predicted octanol–water partition coefficient (Wildman–Crippen LogP) is 4.61. The molecule has 9 heteroatoms. The van der Waals surface area contributed by atoms with Crippen LogP contribution in [0.15, 0.2) is 29.8 Å². The van der Waals surface area contributed by atoms with E-state index in [0.717, 1.165) is 5.56 Å². The highest BCUT2D eigenvalue weighted by atomic mass is 32.1. The van der Waals surface area contributed by atoms with Crippen LogP contribution in [0.25, 0.3) is 0 Å². The maximum absolute atomic E-state index is 14.0. The first kappa shape index (κ1) is 25.7. The summed E-state index contributed by atoms with van der Waals surface area (Å²) in [5.41, 5.74) is -0.770. The van der Waals surface area contributed by atoms with E-state index in [1.165, 1.54) is 29.5 Å². The van der Waals surface area contributed by atoms with Crippen LogP contribution in [-0.4, -0.2) is 50.6 Å². The number of hydrogen-bond acceptors (Lipinski definition) is 6.